The molecule has 0 amide bonds. The van der Waals surface area contributed by atoms with Crippen LogP contribution in [0.25, 0.3) is 0 Å². The molecule has 0 aliphatic carbocycles. The van der Waals surface area contributed by atoms with E-state index in [0.29, 0.717) is 10.5 Å². The summed E-state index contributed by atoms with van der Waals surface area (Å²) in [5, 5.41) is 9.59. The van der Waals surface area contributed by atoms with E-state index < -0.39 is 10.9 Å². The lowest BCUT2D eigenvalue weighted by molar-refractivity contribution is 0.189. The second-order valence-electron chi connectivity index (χ2n) is 2.64. The van der Waals surface area contributed by atoms with Crippen molar-refractivity contribution in [3.8, 4) is 0 Å². The van der Waals surface area contributed by atoms with Gasteiger partial charge in [-0.25, -0.2) is 4.39 Å². The highest BCUT2D eigenvalue weighted by atomic mass is 35.5. The van der Waals surface area contributed by atoms with Crippen molar-refractivity contribution in [3.05, 3.63) is 29.6 Å². The third-order valence-corrected chi connectivity index (χ3v) is 3.08. The van der Waals surface area contributed by atoms with Crippen molar-refractivity contribution in [1.29, 1.82) is 0 Å². The molecule has 1 unspecified atom stereocenters. The molecule has 1 N–H and O–H groups in total. The van der Waals surface area contributed by atoms with Crippen molar-refractivity contribution in [2.75, 3.05) is 6.26 Å². The molecule has 1 rings (SSSR count). The highest BCUT2D eigenvalue weighted by Crippen LogP contribution is 2.32. The van der Waals surface area contributed by atoms with Gasteiger partial charge < -0.3 is 5.11 Å². The van der Waals surface area contributed by atoms with Crippen LogP contribution in [0.15, 0.2) is 23.1 Å². The molecule has 0 bridgehead atoms. The molecule has 0 saturated carbocycles. The number of benzene rings is 1. The SMILES string of the molecule is CSc1c(F)cccc1C(O)C(Cl)Cl. The van der Waals surface area contributed by atoms with Gasteiger partial charge in [0.1, 0.15) is 16.8 Å². The summed E-state index contributed by atoms with van der Waals surface area (Å²) in [7, 11) is 0. The maximum absolute atomic E-state index is 13.3. The summed E-state index contributed by atoms with van der Waals surface area (Å²) in [6.07, 6.45) is 0.669. The Morgan fingerprint density at radius 2 is 2.07 bits per heavy atom. The van der Waals surface area contributed by atoms with Gasteiger partial charge in [0.25, 0.3) is 0 Å². The lowest BCUT2D eigenvalue weighted by atomic mass is 10.1. The highest BCUT2D eigenvalue weighted by Gasteiger charge is 2.20. The van der Waals surface area contributed by atoms with Crippen molar-refractivity contribution in [3.63, 3.8) is 0 Å². The summed E-state index contributed by atoms with van der Waals surface area (Å²) in [4.78, 5) is -0.575. The number of hydrogen-bond acceptors (Lipinski definition) is 2. The minimum absolute atomic E-state index is 0.372. The molecule has 1 atom stereocenters. The van der Waals surface area contributed by atoms with Crippen LogP contribution in [0.2, 0.25) is 0 Å². The van der Waals surface area contributed by atoms with E-state index in [9.17, 15) is 9.50 Å². The van der Waals surface area contributed by atoms with Crippen molar-refractivity contribution >= 4 is 35.0 Å². The molecule has 0 aliphatic heterocycles. The first-order chi connectivity index (χ1) is 6.57. The molecule has 14 heavy (non-hydrogen) atoms. The topological polar surface area (TPSA) is 20.2 Å². The highest BCUT2D eigenvalue weighted by molar-refractivity contribution is 7.98. The Morgan fingerprint density at radius 1 is 1.43 bits per heavy atom. The molecule has 0 fully saturated rings. The van der Waals surface area contributed by atoms with Crippen LogP contribution in [0, 0.1) is 5.82 Å². The lowest BCUT2D eigenvalue weighted by Gasteiger charge is -2.15. The van der Waals surface area contributed by atoms with E-state index in [4.69, 9.17) is 23.2 Å². The zero-order valence-electron chi connectivity index (χ0n) is 7.38. The normalized spacial score (nSPS) is 13.3. The van der Waals surface area contributed by atoms with Crippen molar-refractivity contribution in [1.82, 2.24) is 0 Å². The monoisotopic (exact) mass is 254 g/mol. The molecular weight excluding hydrogens is 246 g/mol. The number of alkyl halides is 2. The molecular formula is C9H9Cl2FOS. The van der Waals surface area contributed by atoms with E-state index in [1.54, 1.807) is 12.3 Å². The Hall–Kier alpha value is 0.0400. The van der Waals surface area contributed by atoms with E-state index >= 15 is 0 Å². The van der Waals surface area contributed by atoms with Gasteiger partial charge in [0.15, 0.2) is 0 Å². The van der Waals surface area contributed by atoms with Crippen LogP contribution in [0.4, 0.5) is 4.39 Å². The molecule has 5 heteroatoms. The summed E-state index contributed by atoms with van der Waals surface area (Å²) in [5.41, 5.74) is 0.424. The molecule has 0 spiro atoms. The van der Waals surface area contributed by atoms with Gasteiger partial charge in [0.05, 0.1) is 0 Å². The van der Waals surface area contributed by atoms with E-state index in [1.165, 1.54) is 23.9 Å². The van der Waals surface area contributed by atoms with Gasteiger partial charge >= 0.3 is 0 Å². The standard InChI is InChI=1S/C9H9Cl2FOS/c1-14-8-5(7(13)9(10)11)3-2-4-6(8)12/h2-4,7,9,13H,1H3. The summed E-state index contributed by atoms with van der Waals surface area (Å²) >= 11 is 12.3. The molecule has 0 radical (unpaired) electrons. The first kappa shape index (κ1) is 12.1. The molecule has 1 aromatic carbocycles. The first-order valence-corrected chi connectivity index (χ1v) is 5.96. The molecule has 0 aliphatic rings. The molecule has 0 saturated heterocycles. The van der Waals surface area contributed by atoms with Gasteiger partial charge in [-0.2, -0.15) is 0 Å². The van der Waals surface area contributed by atoms with Gasteiger partial charge in [-0.1, -0.05) is 12.1 Å². The van der Waals surface area contributed by atoms with Gasteiger partial charge in [0, 0.05) is 4.90 Å². The van der Waals surface area contributed by atoms with E-state index in [1.807, 2.05) is 0 Å². The van der Waals surface area contributed by atoms with Crippen LogP contribution in [-0.2, 0) is 0 Å². The maximum atomic E-state index is 13.3. The summed E-state index contributed by atoms with van der Waals surface area (Å²) in [6, 6.07) is 4.46. The van der Waals surface area contributed by atoms with E-state index in [2.05, 4.69) is 0 Å². The van der Waals surface area contributed by atoms with Crippen LogP contribution in [0.5, 0.6) is 0 Å². The number of rotatable bonds is 3. The fourth-order valence-corrected chi connectivity index (χ4v) is 2.07. The van der Waals surface area contributed by atoms with Crippen molar-refractivity contribution in [2.24, 2.45) is 0 Å². The summed E-state index contributed by atoms with van der Waals surface area (Å²) in [6.45, 7) is 0. The first-order valence-electron chi connectivity index (χ1n) is 3.86. The number of hydrogen-bond donors (Lipinski definition) is 1. The second-order valence-corrected chi connectivity index (χ2v) is 4.62. The zero-order valence-corrected chi connectivity index (χ0v) is 9.70. The van der Waals surface area contributed by atoms with Crippen LogP contribution in [0.3, 0.4) is 0 Å². The third-order valence-electron chi connectivity index (χ3n) is 1.76. The minimum atomic E-state index is -1.06. The van der Waals surface area contributed by atoms with Crippen molar-refractivity contribution < 1.29 is 9.50 Å². The van der Waals surface area contributed by atoms with E-state index in [0.717, 1.165) is 0 Å². The molecule has 0 heterocycles. The fraction of sp³-hybridized carbons (Fsp3) is 0.333. The summed E-state index contributed by atoms with van der Waals surface area (Å²) < 4.78 is 13.3. The quantitative estimate of drug-likeness (QED) is 0.660. The fourth-order valence-electron chi connectivity index (χ4n) is 1.11. The zero-order chi connectivity index (χ0) is 10.7. The van der Waals surface area contributed by atoms with Crippen LogP contribution < -0.4 is 0 Å². The van der Waals surface area contributed by atoms with Crippen LogP contribution in [0.1, 0.15) is 11.7 Å². The Bertz CT molecular complexity index is 320. The van der Waals surface area contributed by atoms with Gasteiger partial charge in [-0.05, 0) is 17.9 Å². The van der Waals surface area contributed by atoms with Crippen molar-refractivity contribution in [2.45, 2.75) is 15.8 Å². The largest absolute Gasteiger partial charge is 0.386 e. The van der Waals surface area contributed by atoms with E-state index in [-0.39, 0.29) is 5.82 Å². The minimum Gasteiger partial charge on any atom is -0.386 e. The van der Waals surface area contributed by atoms with Gasteiger partial charge in [-0.3, -0.25) is 0 Å². The average Bonchev–Trinajstić information content (AvgIpc) is 2.16. The van der Waals surface area contributed by atoms with Gasteiger partial charge in [0.2, 0.25) is 0 Å². The Morgan fingerprint density at radius 3 is 2.57 bits per heavy atom. The molecule has 1 nitrogen and oxygen atoms in total. The Labute approximate surface area is 96.2 Å². The number of halogens is 3. The molecule has 1 aromatic rings. The Balaban J connectivity index is 3.13. The number of thioether (sulfide) groups is 1. The molecule has 78 valence electrons. The Kier molecular flexibility index (Phi) is 4.51. The summed E-state index contributed by atoms with van der Waals surface area (Å²) in [5.74, 6) is -0.372. The maximum Gasteiger partial charge on any atom is 0.137 e. The predicted molar refractivity (Wildman–Crippen MR) is 58.6 cm³/mol. The lowest BCUT2D eigenvalue weighted by Crippen LogP contribution is -2.08. The van der Waals surface area contributed by atoms with Gasteiger partial charge in [-0.15, -0.1) is 35.0 Å². The van der Waals surface area contributed by atoms with Crippen LogP contribution in [-0.4, -0.2) is 16.2 Å². The molecule has 0 aromatic heterocycles. The second kappa shape index (κ2) is 5.21. The predicted octanol–water partition coefficient (Wildman–Crippen LogP) is 3.38. The number of aliphatic hydroxyl groups excluding tert-OH is 1. The average molecular weight is 255 g/mol. The number of aliphatic hydroxyl groups is 1. The third kappa shape index (κ3) is 2.54. The smallest absolute Gasteiger partial charge is 0.137 e. The van der Waals surface area contributed by atoms with Crippen LogP contribution >= 0.6 is 35.0 Å².